The van der Waals surface area contributed by atoms with Crippen LogP contribution in [0.1, 0.15) is 18.2 Å². The highest BCUT2D eigenvalue weighted by Gasteiger charge is 2.33. The van der Waals surface area contributed by atoms with Gasteiger partial charge >= 0.3 is 5.97 Å². The lowest BCUT2D eigenvalue weighted by atomic mass is 9.86. The zero-order valence-corrected chi connectivity index (χ0v) is 13.6. The van der Waals surface area contributed by atoms with Crippen molar-refractivity contribution in [3.63, 3.8) is 0 Å². The summed E-state index contributed by atoms with van der Waals surface area (Å²) in [6.07, 6.45) is 0.547. The van der Waals surface area contributed by atoms with E-state index in [1.165, 1.54) is 0 Å². The fourth-order valence-electron chi connectivity index (χ4n) is 2.96. The monoisotopic (exact) mass is 336 g/mol. The van der Waals surface area contributed by atoms with Crippen LogP contribution in [0.15, 0.2) is 29.8 Å². The first-order valence-corrected chi connectivity index (χ1v) is 7.61. The van der Waals surface area contributed by atoms with Crippen LogP contribution in [0.4, 0.5) is 0 Å². The Morgan fingerprint density at radius 2 is 2.05 bits per heavy atom. The maximum Gasteiger partial charge on any atom is 0.333 e. The standard InChI is InChI=1S/C16H14Cl2N2O2/c1-8-7-11-13(14(18)12(8)16(21)22)15(20(2)19-11)9-5-3-4-6-10(9)17/h3-6,8H,7H2,1-2H3,(H,21,22). The highest BCUT2D eigenvalue weighted by molar-refractivity contribution is 6.51. The van der Waals surface area contributed by atoms with Crippen LogP contribution < -0.4 is 0 Å². The van der Waals surface area contributed by atoms with E-state index in [-0.39, 0.29) is 16.5 Å². The van der Waals surface area contributed by atoms with Crippen molar-refractivity contribution in [2.45, 2.75) is 13.3 Å². The SMILES string of the molecule is CC1Cc2nn(C)c(-c3ccccc3Cl)c2C(Cl)=C1C(=O)O. The molecule has 1 aliphatic carbocycles. The number of aliphatic carboxylic acids is 1. The number of hydrogen-bond donors (Lipinski definition) is 1. The molecule has 0 saturated heterocycles. The van der Waals surface area contributed by atoms with E-state index in [0.29, 0.717) is 17.0 Å². The van der Waals surface area contributed by atoms with Crippen molar-refractivity contribution in [3.8, 4) is 11.3 Å². The van der Waals surface area contributed by atoms with E-state index >= 15 is 0 Å². The molecule has 4 nitrogen and oxygen atoms in total. The topological polar surface area (TPSA) is 55.1 Å². The molecule has 114 valence electrons. The largest absolute Gasteiger partial charge is 0.478 e. The van der Waals surface area contributed by atoms with E-state index in [1.807, 2.05) is 32.2 Å². The molecule has 1 atom stereocenters. The molecule has 1 aromatic carbocycles. The number of fused-ring (bicyclic) bond motifs is 1. The van der Waals surface area contributed by atoms with Gasteiger partial charge in [0.15, 0.2) is 0 Å². The summed E-state index contributed by atoms with van der Waals surface area (Å²) in [5.41, 5.74) is 3.25. The summed E-state index contributed by atoms with van der Waals surface area (Å²) < 4.78 is 1.71. The van der Waals surface area contributed by atoms with Crippen LogP contribution in [0.2, 0.25) is 5.02 Å². The van der Waals surface area contributed by atoms with Crippen molar-refractivity contribution in [1.29, 1.82) is 0 Å². The van der Waals surface area contributed by atoms with Crippen LogP contribution in [-0.2, 0) is 18.3 Å². The molecule has 0 radical (unpaired) electrons. The van der Waals surface area contributed by atoms with Gasteiger partial charge in [0, 0.05) is 23.2 Å². The summed E-state index contributed by atoms with van der Waals surface area (Å²) in [6, 6.07) is 7.39. The van der Waals surface area contributed by atoms with Crippen LogP contribution in [0, 0.1) is 5.92 Å². The number of halogens is 2. The third kappa shape index (κ3) is 2.23. The molecule has 0 amide bonds. The number of aromatic nitrogens is 2. The molecule has 1 aromatic heterocycles. The van der Waals surface area contributed by atoms with Gasteiger partial charge in [0.25, 0.3) is 0 Å². The van der Waals surface area contributed by atoms with Gasteiger partial charge in [-0.15, -0.1) is 0 Å². The summed E-state index contributed by atoms with van der Waals surface area (Å²) in [6.45, 7) is 1.85. The average molecular weight is 337 g/mol. The molecule has 3 rings (SSSR count). The fourth-order valence-corrected chi connectivity index (χ4v) is 3.65. The third-order valence-corrected chi connectivity index (χ3v) is 4.65. The number of benzene rings is 1. The summed E-state index contributed by atoms with van der Waals surface area (Å²) in [5.74, 6) is -1.16. The van der Waals surface area contributed by atoms with E-state index in [2.05, 4.69) is 5.10 Å². The minimum Gasteiger partial charge on any atom is -0.478 e. The zero-order valence-electron chi connectivity index (χ0n) is 12.1. The normalized spacial score (nSPS) is 17.5. The maximum absolute atomic E-state index is 11.5. The van der Waals surface area contributed by atoms with Crippen LogP contribution >= 0.6 is 23.2 Å². The molecule has 2 aromatic rings. The van der Waals surface area contributed by atoms with E-state index in [9.17, 15) is 9.90 Å². The summed E-state index contributed by atoms with van der Waals surface area (Å²) in [4.78, 5) is 11.5. The minimum atomic E-state index is -0.989. The number of carboxylic acid groups (broad SMARTS) is 1. The first kappa shape index (κ1) is 15.1. The van der Waals surface area contributed by atoms with Gasteiger partial charge in [-0.1, -0.05) is 48.3 Å². The van der Waals surface area contributed by atoms with Gasteiger partial charge in [-0.2, -0.15) is 5.10 Å². The number of carbonyl (C=O) groups is 1. The van der Waals surface area contributed by atoms with E-state index < -0.39 is 5.97 Å². The highest BCUT2D eigenvalue weighted by Crippen LogP contribution is 2.43. The Morgan fingerprint density at radius 1 is 1.36 bits per heavy atom. The molecule has 1 unspecified atom stereocenters. The van der Waals surface area contributed by atoms with Crippen molar-refractivity contribution in [1.82, 2.24) is 9.78 Å². The molecular weight excluding hydrogens is 323 g/mol. The number of hydrogen-bond acceptors (Lipinski definition) is 2. The van der Waals surface area contributed by atoms with Gasteiger partial charge in [0.1, 0.15) is 0 Å². The molecule has 0 fully saturated rings. The van der Waals surface area contributed by atoms with Crippen molar-refractivity contribution >= 4 is 34.2 Å². The van der Waals surface area contributed by atoms with Gasteiger partial charge < -0.3 is 5.11 Å². The molecule has 1 aliphatic rings. The van der Waals surface area contributed by atoms with Crippen LogP contribution in [0.25, 0.3) is 16.3 Å². The highest BCUT2D eigenvalue weighted by atomic mass is 35.5. The third-order valence-electron chi connectivity index (χ3n) is 3.93. The Bertz CT molecular complexity index is 808. The number of nitrogens with zero attached hydrogens (tertiary/aromatic N) is 2. The lowest BCUT2D eigenvalue weighted by molar-refractivity contribution is -0.133. The average Bonchev–Trinajstić information content (AvgIpc) is 2.75. The predicted octanol–water partition coefficient (Wildman–Crippen LogP) is 3.97. The summed E-state index contributed by atoms with van der Waals surface area (Å²) >= 11 is 12.7. The number of aryl methyl sites for hydroxylation is 1. The van der Waals surface area contributed by atoms with Crippen molar-refractivity contribution in [2.24, 2.45) is 13.0 Å². The molecule has 0 bridgehead atoms. The van der Waals surface area contributed by atoms with Gasteiger partial charge in [-0.3, -0.25) is 4.68 Å². The van der Waals surface area contributed by atoms with Gasteiger partial charge in [-0.05, 0) is 18.4 Å². The van der Waals surface area contributed by atoms with Crippen molar-refractivity contribution in [3.05, 3.63) is 46.1 Å². The summed E-state index contributed by atoms with van der Waals surface area (Å²) in [7, 11) is 1.81. The molecule has 1 heterocycles. The molecule has 0 spiro atoms. The van der Waals surface area contributed by atoms with Crippen molar-refractivity contribution < 1.29 is 9.90 Å². The van der Waals surface area contributed by atoms with Crippen LogP contribution in [-0.4, -0.2) is 20.9 Å². The van der Waals surface area contributed by atoms with E-state index in [1.54, 1.807) is 10.7 Å². The lowest BCUT2D eigenvalue weighted by Crippen LogP contribution is -2.18. The Balaban J connectivity index is 2.32. The first-order valence-electron chi connectivity index (χ1n) is 6.86. The van der Waals surface area contributed by atoms with Gasteiger partial charge in [0.05, 0.1) is 22.0 Å². The Hall–Kier alpha value is -1.78. The van der Waals surface area contributed by atoms with Crippen molar-refractivity contribution in [2.75, 3.05) is 0 Å². The fraction of sp³-hybridized carbons (Fsp3) is 0.250. The quantitative estimate of drug-likeness (QED) is 0.902. The minimum absolute atomic E-state index is 0.175. The predicted molar refractivity (Wildman–Crippen MR) is 86.9 cm³/mol. The first-order chi connectivity index (χ1) is 10.4. The second-order valence-corrected chi connectivity index (χ2v) is 6.20. The van der Waals surface area contributed by atoms with Crippen LogP contribution in [0.3, 0.4) is 0 Å². The molecular formula is C16H14Cl2N2O2. The summed E-state index contributed by atoms with van der Waals surface area (Å²) in [5, 5.41) is 14.8. The van der Waals surface area contributed by atoms with Crippen LogP contribution in [0.5, 0.6) is 0 Å². The number of rotatable bonds is 2. The Kier molecular flexibility index (Phi) is 3.75. The smallest absolute Gasteiger partial charge is 0.333 e. The maximum atomic E-state index is 11.5. The Morgan fingerprint density at radius 3 is 2.68 bits per heavy atom. The molecule has 0 aliphatic heterocycles. The second kappa shape index (κ2) is 5.45. The molecule has 0 saturated carbocycles. The molecule has 22 heavy (non-hydrogen) atoms. The Labute approximate surface area is 138 Å². The molecule has 1 N–H and O–H groups in total. The zero-order chi connectivity index (χ0) is 16.0. The number of carboxylic acids is 1. The van der Waals surface area contributed by atoms with Gasteiger partial charge in [0.2, 0.25) is 0 Å². The van der Waals surface area contributed by atoms with E-state index in [4.69, 9.17) is 23.2 Å². The second-order valence-electron chi connectivity index (χ2n) is 5.41. The molecule has 6 heteroatoms. The van der Waals surface area contributed by atoms with Gasteiger partial charge in [-0.25, -0.2) is 4.79 Å². The lowest BCUT2D eigenvalue weighted by Gasteiger charge is -2.20. The van der Waals surface area contributed by atoms with E-state index in [0.717, 1.165) is 17.0 Å².